The monoisotopic (exact) mass is 334 g/mol. The molecule has 0 atom stereocenters. The van der Waals surface area contributed by atoms with E-state index < -0.39 is 0 Å². The topological polar surface area (TPSA) is 13.1 Å². The van der Waals surface area contributed by atoms with Gasteiger partial charge in [0, 0.05) is 10.8 Å². The lowest BCUT2D eigenvalue weighted by Gasteiger charge is -2.22. The molecule has 1 aromatic heterocycles. The van der Waals surface area contributed by atoms with Crippen molar-refractivity contribution >= 4 is 21.9 Å². The zero-order chi connectivity index (χ0) is 18.2. The van der Waals surface area contributed by atoms with Gasteiger partial charge < -0.3 is 4.42 Å². The van der Waals surface area contributed by atoms with E-state index in [1.54, 1.807) is 0 Å². The zero-order valence-electron chi connectivity index (χ0n) is 16.7. The molecule has 1 nitrogen and oxygen atoms in total. The van der Waals surface area contributed by atoms with Crippen molar-refractivity contribution in [2.24, 2.45) is 5.41 Å². The highest BCUT2D eigenvalue weighted by atomic mass is 16.3. The second-order valence-corrected chi connectivity index (χ2v) is 10.5. The minimum atomic E-state index is 0.212. The van der Waals surface area contributed by atoms with Crippen LogP contribution < -0.4 is 0 Å². The van der Waals surface area contributed by atoms with Crippen molar-refractivity contribution in [1.29, 1.82) is 0 Å². The Morgan fingerprint density at radius 1 is 0.840 bits per heavy atom. The van der Waals surface area contributed by atoms with E-state index in [0.717, 1.165) is 17.6 Å². The molecule has 1 aliphatic carbocycles. The highest BCUT2D eigenvalue weighted by Crippen LogP contribution is 2.51. The molecule has 0 N–H and O–H groups in total. The molecule has 132 valence electrons. The minimum Gasteiger partial charge on any atom is -0.456 e. The molecule has 0 spiro atoms. The Hall–Kier alpha value is -1.76. The quantitative estimate of drug-likeness (QED) is 0.461. The lowest BCUT2D eigenvalue weighted by Crippen LogP contribution is -2.17. The molecule has 0 bridgehead atoms. The van der Waals surface area contributed by atoms with Crippen LogP contribution in [-0.2, 0) is 17.3 Å². The summed E-state index contributed by atoms with van der Waals surface area (Å²) in [5.74, 6) is 0. The summed E-state index contributed by atoms with van der Waals surface area (Å²) in [5.41, 5.74) is 7.11. The van der Waals surface area contributed by atoms with E-state index in [1.807, 2.05) is 0 Å². The fourth-order valence-corrected chi connectivity index (χ4v) is 5.01. The van der Waals surface area contributed by atoms with Crippen molar-refractivity contribution in [2.45, 2.75) is 72.1 Å². The number of benzene rings is 2. The third-order valence-electron chi connectivity index (χ3n) is 5.75. The number of furan rings is 1. The van der Waals surface area contributed by atoms with Crippen molar-refractivity contribution < 1.29 is 4.42 Å². The molecular weight excluding hydrogens is 304 g/mol. The molecule has 0 saturated heterocycles. The summed E-state index contributed by atoms with van der Waals surface area (Å²) in [7, 11) is 0. The van der Waals surface area contributed by atoms with Gasteiger partial charge in [-0.05, 0) is 70.0 Å². The summed E-state index contributed by atoms with van der Waals surface area (Å²) in [5, 5.41) is 2.54. The van der Waals surface area contributed by atoms with Crippen molar-refractivity contribution in [1.82, 2.24) is 0 Å². The standard InChI is InChI=1S/C24H30O/c1-22(2,3)13-15-8-9-20-16(10-15)17-11-18-19(12-21(17)25-20)24(6,7)14-23(18,4)5/h8-12H,13-14H2,1-7H3. The highest BCUT2D eigenvalue weighted by Gasteiger charge is 2.42. The van der Waals surface area contributed by atoms with E-state index in [9.17, 15) is 0 Å². The fourth-order valence-electron chi connectivity index (χ4n) is 5.01. The van der Waals surface area contributed by atoms with Crippen molar-refractivity contribution in [3.05, 3.63) is 47.0 Å². The summed E-state index contributed by atoms with van der Waals surface area (Å²) in [6, 6.07) is 11.4. The predicted molar refractivity (Wildman–Crippen MR) is 108 cm³/mol. The van der Waals surface area contributed by atoms with Gasteiger partial charge >= 0.3 is 0 Å². The van der Waals surface area contributed by atoms with Gasteiger partial charge in [-0.1, -0.05) is 54.5 Å². The first-order chi connectivity index (χ1) is 11.5. The Kier molecular flexibility index (Phi) is 3.27. The van der Waals surface area contributed by atoms with E-state index in [1.165, 1.54) is 33.9 Å². The summed E-state index contributed by atoms with van der Waals surface area (Å²) in [6.07, 6.45) is 2.27. The molecule has 0 amide bonds. The van der Waals surface area contributed by atoms with Gasteiger partial charge in [0.05, 0.1) is 0 Å². The first-order valence-electron chi connectivity index (χ1n) is 9.47. The first-order valence-corrected chi connectivity index (χ1v) is 9.47. The van der Waals surface area contributed by atoms with Crippen LogP contribution in [0.5, 0.6) is 0 Å². The number of rotatable bonds is 1. The molecule has 0 fully saturated rings. The van der Waals surface area contributed by atoms with Gasteiger partial charge in [-0.15, -0.1) is 0 Å². The highest BCUT2D eigenvalue weighted by molar-refractivity contribution is 6.05. The van der Waals surface area contributed by atoms with Crippen molar-refractivity contribution in [3.63, 3.8) is 0 Å². The maximum absolute atomic E-state index is 6.22. The van der Waals surface area contributed by atoms with Gasteiger partial charge in [0.15, 0.2) is 0 Å². The fraction of sp³-hybridized carbons (Fsp3) is 0.500. The van der Waals surface area contributed by atoms with E-state index in [2.05, 4.69) is 78.8 Å². The van der Waals surface area contributed by atoms with Crippen molar-refractivity contribution in [3.8, 4) is 0 Å². The molecule has 0 saturated carbocycles. The number of fused-ring (bicyclic) bond motifs is 4. The van der Waals surface area contributed by atoms with Crippen LogP contribution in [0.2, 0.25) is 0 Å². The summed E-state index contributed by atoms with van der Waals surface area (Å²) < 4.78 is 6.22. The van der Waals surface area contributed by atoms with Crippen LogP contribution in [0.25, 0.3) is 21.9 Å². The van der Waals surface area contributed by atoms with E-state index in [0.29, 0.717) is 5.41 Å². The zero-order valence-corrected chi connectivity index (χ0v) is 16.7. The Labute approximate surface area is 151 Å². The van der Waals surface area contributed by atoms with Gasteiger partial charge in [-0.2, -0.15) is 0 Å². The van der Waals surface area contributed by atoms with Crippen molar-refractivity contribution in [2.75, 3.05) is 0 Å². The average molecular weight is 335 g/mol. The smallest absolute Gasteiger partial charge is 0.135 e. The van der Waals surface area contributed by atoms with Crippen LogP contribution in [0.3, 0.4) is 0 Å². The van der Waals surface area contributed by atoms with Crippen LogP contribution in [-0.4, -0.2) is 0 Å². The summed E-state index contributed by atoms with van der Waals surface area (Å²) in [4.78, 5) is 0. The molecule has 25 heavy (non-hydrogen) atoms. The van der Waals surface area contributed by atoms with Gasteiger partial charge in [0.1, 0.15) is 11.2 Å². The van der Waals surface area contributed by atoms with Crippen LogP contribution in [0, 0.1) is 5.41 Å². The van der Waals surface area contributed by atoms with Crippen LogP contribution in [0.15, 0.2) is 34.7 Å². The molecule has 1 heteroatoms. The summed E-state index contributed by atoms with van der Waals surface area (Å²) in [6.45, 7) is 16.3. The van der Waals surface area contributed by atoms with Gasteiger partial charge in [-0.25, -0.2) is 0 Å². The van der Waals surface area contributed by atoms with E-state index in [4.69, 9.17) is 4.42 Å². The lowest BCUT2D eigenvalue weighted by molar-refractivity contribution is 0.403. The molecule has 1 heterocycles. The molecule has 0 aliphatic heterocycles. The Balaban J connectivity index is 1.96. The van der Waals surface area contributed by atoms with E-state index >= 15 is 0 Å². The predicted octanol–water partition coefficient (Wildman–Crippen LogP) is 7.13. The van der Waals surface area contributed by atoms with Gasteiger partial charge in [-0.3, -0.25) is 0 Å². The minimum absolute atomic E-state index is 0.212. The maximum atomic E-state index is 6.22. The number of hydrogen-bond donors (Lipinski definition) is 0. The molecule has 4 rings (SSSR count). The first kappa shape index (κ1) is 16.7. The molecule has 0 unspecified atom stereocenters. The van der Waals surface area contributed by atoms with Gasteiger partial charge in [0.25, 0.3) is 0 Å². The molecule has 2 aromatic carbocycles. The number of hydrogen-bond acceptors (Lipinski definition) is 1. The van der Waals surface area contributed by atoms with Crippen LogP contribution in [0.4, 0.5) is 0 Å². The molecular formula is C24H30O. The lowest BCUT2D eigenvalue weighted by atomic mass is 9.82. The maximum Gasteiger partial charge on any atom is 0.135 e. The Morgan fingerprint density at radius 3 is 2.08 bits per heavy atom. The average Bonchev–Trinajstić information content (AvgIpc) is 2.88. The SMILES string of the molecule is CC(C)(C)Cc1ccc2oc3cc4c(cc3c2c1)C(C)(C)CC4(C)C. The second kappa shape index (κ2) is 4.90. The van der Waals surface area contributed by atoms with Crippen LogP contribution in [0.1, 0.15) is 71.6 Å². The van der Waals surface area contributed by atoms with Crippen LogP contribution >= 0.6 is 0 Å². The normalized spacial score (nSPS) is 18.8. The third kappa shape index (κ3) is 2.69. The summed E-state index contributed by atoms with van der Waals surface area (Å²) >= 11 is 0. The third-order valence-corrected chi connectivity index (χ3v) is 5.75. The van der Waals surface area contributed by atoms with E-state index in [-0.39, 0.29) is 10.8 Å². The Bertz CT molecular complexity index is 977. The largest absolute Gasteiger partial charge is 0.456 e. The second-order valence-electron chi connectivity index (χ2n) is 10.5. The molecule has 3 aromatic rings. The molecule has 0 radical (unpaired) electrons. The molecule has 1 aliphatic rings. The Morgan fingerprint density at radius 2 is 1.44 bits per heavy atom. The van der Waals surface area contributed by atoms with Gasteiger partial charge in [0.2, 0.25) is 0 Å².